The Bertz CT molecular complexity index is 1250. The van der Waals surface area contributed by atoms with Crippen LogP contribution in [0.1, 0.15) is 18.9 Å². The lowest BCUT2D eigenvalue weighted by Crippen LogP contribution is -2.39. The molecule has 2 aromatic carbocycles. The molecule has 1 aliphatic rings. The number of carbonyl (C=O) groups is 1. The molecular weight excluding hydrogens is 404 g/mol. The Morgan fingerprint density at radius 2 is 1.93 bits per heavy atom. The molecule has 0 saturated heterocycles. The highest BCUT2D eigenvalue weighted by Crippen LogP contribution is 2.31. The van der Waals surface area contributed by atoms with E-state index in [9.17, 15) is 18.0 Å². The number of aromatic nitrogens is 2. The third-order valence-electron chi connectivity index (χ3n) is 5.05. The quantitative estimate of drug-likeness (QED) is 0.654. The first-order valence-electron chi connectivity index (χ1n) is 9.73. The number of benzene rings is 2. The van der Waals surface area contributed by atoms with Crippen LogP contribution < -0.4 is 15.9 Å². The van der Waals surface area contributed by atoms with E-state index in [-0.39, 0.29) is 10.9 Å². The molecule has 0 aliphatic carbocycles. The first kappa shape index (κ1) is 20.0. The maximum Gasteiger partial charge on any atom is 0.340 e. The lowest BCUT2D eigenvalue weighted by Gasteiger charge is -2.18. The molecule has 1 aromatic heterocycles. The van der Waals surface area contributed by atoms with E-state index < -0.39 is 15.7 Å². The van der Waals surface area contributed by atoms with E-state index in [4.69, 9.17) is 0 Å². The maximum absolute atomic E-state index is 13.1. The molecular formula is C21H22N4O4S. The van der Waals surface area contributed by atoms with Crippen molar-refractivity contribution in [2.75, 3.05) is 18.0 Å². The van der Waals surface area contributed by atoms with Crippen LogP contribution >= 0.6 is 0 Å². The second-order valence-corrected chi connectivity index (χ2v) is 8.88. The van der Waals surface area contributed by atoms with Crippen molar-refractivity contribution in [1.82, 2.24) is 14.3 Å². The Kier molecular flexibility index (Phi) is 5.21. The van der Waals surface area contributed by atoms with Gasteiger partial charge < -0.3 is 10.3 Å². The minimum Gasteiger partial charge on any atom is -0.338 e. The summed E-state index contributed by atoms with van der Waals surface area (Å²) in [7, 11) is -4.08. The normalized spacial score (nSPS) is 13.3. The molecule has 0 bridgehead atoms. The summed E-state index contributed by atoms with van der Waals surface area (Å²) in [6, 6.07) is 13.4. The molecule has 0 spiro atoms. The van der Waals surface area contributed by atoms with Gasteiger partial charge in [0.15, 0.2) is 0 Å². The Morgan fingerprint density at radius 1 is 1.17 bits per heavy atom. The molecule has 1 aliphatic heterocycles. The standard InChI is InChI=1S/C21H22N4O4S/c1-2-11-22-20(26)24-12-10-16-13-17(8-9-19(16)24)30(28,29)25-14-18(23-21(25)27)15-6-4-3-5-7-15/h3-9,13-14H,2,10-12H2,1H3,(H,22,26)(H,23,27). The summed E-state index contributed by atoms with van der Waals surface area (Å²) in [4.78, 5) is 28.9. The maximum atomic E-state index is 13.1. The molecule has 2 N–H and O–H groups in total. The minimum absolute atomic E-state index is 0.0118. The van der Waals surface area contributed by atoms with Crippen LogP contribution in [0.3, 0.4) is 0 Å². The van der Waals surface area contributed by atoms with E-state index >= 15 is 0 Å². The summed E-state index contributed by atoms with van der Waals surface area (Å²) in [5.74, 6) is 0. The average Bonchev–Trinajstić information content (AvgIpc) is 3.36. The molecule has 30 heavy (non-hydrogen) atoms. The second-order valence-electron chi connectivity index (χ2n) is 7.06. The number of rotatable bonds is 5. The van der Waals surface area contributed by atoms with E-state index in [1.807, 2.05) is 25.1 Å². The van der Waals surface area contributed by atoms with Gasteiger partial charge in [0.25, 0.3) is 10.0 Å². The largest absolute Gasteiger partial charge is 0.340 e. The van der Waals surface area contributed by atoms with Crippen molar-refractivity contribution >= 4 is 21.7 Å². The van der Waals surface area contributed by atoms with Crippen LogP contribution in [-0.2, 0) is 16.4 Å². The number of hydrogen-bond donors (Lipinski definition) is 2. The Hall–Kier alpha value is -3.33. The van der Waals surface area contributed by atoms with Gasteiger partial charge in [0.05, 0.1) is 16.8 Å². The van der Waals surface area contributed by atoms with Gasteiger partial charge in [0.2, 0.25) is 0 Å². The van der Waals surface area contributed by atoms with Crippen LogP contribution in [0, 0.1) is 0 Å². The molecule has 2 heterocycles. The molecule has 2 amide bonds. The molecule has 8 nitrogen and oxygen atoms in total. The van der Waals surface area contributed by atoms with Gasteiger partial charge in [-0.1, -0.05) is 37.3 Å². The number of nitrogens with one attached hydrogen (secondary N) is 2. The van der Waals surface area contributed by atoms with Crippen LogP contribution in [-0.4, -0.2) is 36.5 Å². The van der Waals surface area contributed by atoms with Crippen molar-refractivity contribution in [2.45, 2.75) is 24.7 Å². The first-order valence-corrected chi connectivity index (χ1v) is 11.2. The zero-order valence-corrected chi connectivity index (χ0v) is 17.3. The summed E-state index contributed by atoms with van der Waals surface area (Å²) < 4.78 is 26.9. The van der Waals surface area contributed by atoms with Gasteiger partial charge in [-0.25, -0.2) is 18.0 Å². The van der Waals surface area contributed by atoms with Gasteiger partial charge in [-0.3, -0.25) is 4.90 Å². The van der Waals surface area contributed by atoms with Gasteiger partial charge in [-0.05, 0) is 42.2 Å². The third kappa shape index (κ3) is 3.52. The molecule has 9 heteroatoms. The molecule has 0 saturated carbocycles. The number of fused-ring (bicyclic) bond motifs is 1. The van der Waals surface area contributed by atoms with E-state index in [1.165, 1.54) is 12.3 Å². The first-order chi connectivity index (χ1) is 14.4. The van der Waals surface area contributed by atoms with E-state index in [0.29, 0.717) is 36.5 Å². The third-order valence-corrected chi connectivity index (χ3v) is 6.69. The van der Waals surface area contributed by atoms with Crippen LogP contribution in [0.25, 0.3) is 11.3 Å². The van der Waals surface area contributed by atoms with Crippen LogP contribution in [0.15, 0.2) is 64.4 Å². The molecule has 0 fully saturated rings. The molecule has 3 aromatic rings. The number of amides is 2. The fourth-order valence-electron chi connectivity index (χ4n) is 3.51. The fourth-order valence-corrected chi connectivity index (χ4v) is 4.78. The molecule has 0 unspecified atom stereocenters. The minimum atomic E-state index is -4.08. The van der Waals surface area contributed by atoms with Crippen molar-refractivity contribution in [3.8, 4) is 11.3 Å². The Labute approximate surface area is 174 Å². The summed E-state index contributed by atoms with van der Waals surface area (Å²) in [5, 5.41) is 2.83. The number of hydrogen-bond acceptors (Lipinski definition) is 4. The van der Waals surface area contributed by atoms with Crippen molar-refractivity contribution in [2.24, 2.45) is 0 Å². The van der Waals surface area contributed by atoms with Gasteiger partial charge in [-0.2, -0.15) is 3.97 Å². The smallest absolute Gasteiger partial charge is 0.338 e. The number of imidazole rings is 1. The van der Waals surface area contributed by atoms with Crippen molar-refractivity contribution in [1.29, 1.82) is 0 Å². The van der Waals surface area contributed by atoms with Gasteiger partial charge in [0.1, 0.15) is 0 Å². The zero-order valence-electron chi connectivity index (χ0n) is 16.5. The molecule has 4 rings (SSSR count). The molecule has 0 atom stereocenters. The summed E-state index contributed by atoms with van der Waals surface area (Å²) in [6.45, 7) is 3.04. The Balaban J connectivity index is 1.66. The predicted molar refractivity (Wildman–Crippen MR) is 114 cm³/mol. The van der Waals surface area contributed by atoms with Crippen molar-refractivity contribution in [3.05, 3.63) is 70.8 Å². The lowest BCUT2D eigenvalue weighted by atomic mass is 10.2. The predicted octanol–water partition coefficient (Wildman–Crippen LogP) is 2.56. The van der Waals surface area contributed by atoms with Gasteiger partial charge >= 0.3 is 11.7 Å². The fraction of sp³-hybridized carbons (Fsp3) is 0.238. The second kappa shape index (κ2) is 7.83. The van der Waals surface area contributed by atoms with Crippen molar-refractivity contribution in [3.63, 3.8) is 0 Å². The molecule has 156 valence electrons. The van der Waals surface area contributed by atoms with Crippen LogP contribution in [0.5, 0.6) is 0 Å². The lowest BCUT2D eigenvalue weighted by molar-refractivity contribution is 0.247. The highest BCUT2D eigenvalue weighted by molar-refractivity contribution is 7.90. The number of urea groups is 1. The van der Waals surface area contributed by atoms with E-state index in [1.54, 1.807) is 29.2 Å². The van der Waals surface area contributed by atoms with Crippen molar-refractivity contribution < 1.29 is 13.2 Å². The van der Waals surface area contributed by atoms with Gasteiger partial charge in [-0.15, -0.1) is 0 Å². The summed E-state index contributed by atoms with van der Waals surface area (Å²) in [6.07, 6.45) is 2.68. The monoisotopic (exact) mass is 426 g/mol. The topological polar surface area (TPSA) is 104 Å². The number of carbonyl (C=O) groups excluding carboxylic acids is 1. The Morgan fingerprint density at radius 3 is 2.67 bits per heavy atom. The summed E-state index contributed by atoms with van der Waals surface area (Å²) in [5.41, 5.74) is 1.86. The van der Waals surface area contributed by atoms with Crippen LogP contribution in [0.4, 0.5) is 10.5 Å². The zero-order chi connectivity index (χ0) is 21.3. The van der Waals surface area contributed by atoms with Gasteiger partial charge in [0, 0.05) is 18.8 Å². The van der Waals surface area contributed by atoms with E-state index in [2.05, 4.69) is 10.3 Å². The molecule has 0 radical (unpaired) electrons. The summed E-state index contributed by atoms with van der Waals surface area (Å²) >= 11 is 0. The number of aromatic amines is 1. The highest BCUT2D eigenvalue weighted by Gasteiger charge is 2.28. The average molecular weight is 426 g/mol. The highest BCUT2D eigenvalue weighted by atomic mass is 32.2. The number of anilines is 1. The number of H-pyrrole nitrogens is 1. The van der Waals surface area contributed by atoms with Crippen LogP contribution in [0.2, 0.25) is 0 Å². The van der Waals surface area contributed by atoms with E-state index in [0.717, 1.165) is 16.0 Å². The SMILES string of the molecule is CCCNC(=O)N1CCc2cc(S(=O)(=O)n3cc(-c4ccccc4)[nH]c3=O)ccc21. The number of nitrogens with zero attached hydrogens (tertiary/aromatic N) is 2.